The maximum absolute atomic E-state index is 5.48. The second kappa shape index (κ2) is 8.82. The summed E-state index contributed by atoms with van der Waals surface area (Å²) in [6.07, 6.45) is 1.20. The van der Waals surface area contributed by atoms with Crippen molar-refractivity contribution in [3.05, 3.63) is 11.1 Å². The molecule has 0 aromatic carbocycles. The molecule has 0 amide bonds. The van der Waals surface area contributed by atoms with Gasteiger partial charge >= 0.3 is 0 Å². The van der Waals surface area contributed by atoms with Gasteiger partial charge in [-0.15, -0.1) is 11.3 Å². The minimum absolute atomic E-state index is 0.618. The van der Waals surface area contributed by atoms with Gasteiger partial charge in [0.2, 0.25) is 0 Å². The van der Waals surface area contributed by atoms with E-state index in [9.17, 15) is 0 Å². The monoisotopic (exact) mass is 366 g/mol. The Morgan fingerprint density at radius 2 is 2.20 bits per heavy atom. The number of rotatable bonds is 5. The van der Waals surface area contributed by atoms with Crippen LogP contribution in [0.25, 0.3) is 0 Å². The SMILES string of the molecule is CCNC(=NCc1csc(N(C)C)n1)N1CCC(N2CCOCC2)C1. The normalized spacial score (nSPS) is 22.4. The third kappa shape index (κ3) is 4.83. The van der Waals surface area contributed by atoms with Gasteiger partial charge in [-0.1, -0.05) is 0 Å². The number of nitrogens with zero attached hydrogens (tertiary/aromatic N) is 5. The molecule has 7 nitrogen and oxygen atoms in total. The van der Waals surface area contributed by atoms with Crippen LogP contribution in [0.15, 0.2) is 10.4 Å². The molecule has 1 aromatic heterocycles. The van der Waals surface area contributed by atoms with Crippen LogP contribution in [0.1, 0.15) is 19.0 Å². The highest BCUT2D eigenvalue weighted by Gasteiger charge is 2.30. The molecule has 2 aliphatic heterocycles. The van der Waals surface area contributed by atoms with Gasteiger partial charge < -0.3 is 19.9 Å². The Labute approximate surface area is 154 Å². The summed E-state index contributed by atoms with van der Waals surface area (Å²) in [7, 11) is 4.04. The molecular formula is C17H30N6OS. The number of morpholine rings is 1. The molecule has 0 aliphatic carbocycles. The first-order valence-corrected chi connectivity index (χ1v) is 10.0. The molecule has 3 rings (SSSR count). The number of thiazole rings is 1. The van der Waals surface area contributed by atoms with E-state index in [1.54, 1.807) is 11.3 Å². The number of hydrogen-bond acceptors (Lipinski definition) is 6. The van der Waals surface area contributed by atoms with E-state index in [4.69, 9.17) is 9.73 Å². The lowest BCUT2D eigenvalue weighted by atomic mass is 10.2. The first-order chi connectivity index (χ1) is 12.2. The maximum atomic E-state index is 5.48. The third-order valence-electron chi connectivity index (χ3n) is 4.67. The fourth-order valence-electron chi connectivity index (χ4n) is 3.33. The van der Waals surface area contributed by atoms with Crippen LogP contribution in [0.3, 0.4) is 0 Å². The highest BCUT2D eigenvalue weighted by Crippen LogP contribution is 2.20. The fraction of sp³-hybridized carbons (Fsp3) is 0.765. The van der Waals surface area contributed by atoms with Crippen LogP contribution in [0.5, 0.6) is 0 Å². The summed E-state index contributed by atoms with van der Waals surface area (Å²) in [6, 6.07) is 0.618. The van der Waals surface area contributed by atoms with Gasteiger partial charge in [-0.3, -0.25) is 4.90 Å². The van der Waals surface area contributed by atoms with Gasteiger partial charge in [0.25, 0.3) is 0 Å². The molecule has 0 radical (unpaired) electrons. The molecule has 1 unspecified atom stereocenters. The van der Waals surface area contributed by atoms with Gasteiger partial charge in [-0.05, 0) is 13.3 Å². The largest absolute Gasteiger partial charge is 0.379 e. The third-order valence-corrected chi connectivity index (χ3v) is 5.73. The van der Waals surface area contributed by atoms with Crippen LogP contribution in [-0.2, 0) is 11.3 Å². The standard InChI is InChI=1S/C17H30N6OS/c1-4-18-16(19-11-14-13-25-17(20-14)21(2)3)23-6-5-15(12-23)22-7-9-24-10-8-22/h13,15H,4-12H2,1-3H3,(H,18,19). The molecule has 25 heavy (non-hydrogen) atoms. The number of aliphatic imine (C=N–C) groups is 1. The lowest BCUT2D eigenvalue weighted by molar-refractivity contribution is 0.0195. The quantitative estimate of drug-likeness (QED) is 0.622. The summed E-state index contributed by atoms with van der Waals surface area (Å²) < 4.78 is 5.48. The van der Waals surface area contributed by atoms with Crippen molar-refractivity contribution in [1.82, 2.24) is 20.1 Å². The van der Waals surface area contributed by atoms with E-state index in [0.717, 1.165) is 62.7 Å². The average molecular weight is 367 g/mol. The summed E-state index contributed by atoms with van der Waals surface area (Å²) in [5.74, 6) is 1.01. The highest BCUT2D eigenvalue weighted by atomic mass is 32.1. The molecular weight excluding hydrogens is 336 g/mol. The molecule has 0 saturated carbocycles. The maximum Gasteiger partial charge on any atom is 0.194 e. The summed E-state index contributed by atoms with van der Waals surface area (Å²) in [6.45, 7) is 9.59. The van der Waals surface area contributed by atoms with Crippen LogP contribution in [0, 0.1) is 0 Å². The molecule has 0 bridgehead atoms. The molecule has 2 saturated heterocycles. The minimum atomic E-state index is 0.618. The molecule has 8 heteroatoms. The van der Waals surface area contributed by atoms with Crippen LogP contribution >= 0.6 is 11.3 Å². The van der Waals surface area contributed by atoms with Crippen LogP contribution < -0.4 is 10.2 Å². The van der Waals surface area contributed by atoms with Crippen LogP contribution in [-0.4, -0.2) is 86.8 Å². The Morgan fingerprint density at radius 1 is 1.40 bits per heavy atom. The zero-order valence-electron chi connectivity index (χ0n) is 15.6. The van der Waals surface area contributed by atoms with E-state index in [-0.39, 0.29) is 0 Å². The second-order valence-corrected chi connectivity index (χ2v) is 7.56. The zero-order chi connectivity index (χ0) is 17.6. The van der Waals surface area contributed by atoms with Crippen molar-refractivity contribution in [2.45, 2.75) is 25.9 Å². The topological polar surface area (TPSA) is 56.2 Å². The number of ether oxygens (including phenoxy) is 1. The Morgan fingerprint density at radius 3 is 2.88 bits per heavy atom. The van der Waals surface area contributed by atoms with Crippen molar-refractivity contribution < 1.29 is 4.74 Å². The lowest BCUT2D eigenvalue weighted by Gasteiger charge is -2.32. The molecule has 0 spiro atoms. The fourth-order valence-corrected chi connectivity index (χ4v) is 4.08. The molecule has 1 atom stereocenters. The summed E-state index contributed by atoms with van der Waals surface area (Å²) in [5, 5.41) is 6.58. The first-order valence-electron chi connectivity index (χ1n) is 9.14. The van der Waals surface area contributed by atoms with Crippen molar-refractivity contribution >= 4 is 22.4 Å². The van der Waals surface area contributed by atoms with Gasteiger partial charge in [0.15, 0.2) is 11.1 Å². The van der Waals surface area contributed by atoms with Gasteiger partial charge in [-0.25, -0.2) is 9.98 Å². The van der Waals surface area contributed by atoms with Crippen molar-refractivity contribution in [3.63, 3.8) is 0 Å². The Kier molecular flexibility index (Phi) is 6.50. The number of guanidine groups is 1. The van der Waals surface area contributed by atoms with E-state index in [2.05, 4.69) is 32.4 Å². The Hall–Kier alpha value is -1.38. The second-order valence-electron chi connectivity index (χ2n) is 6.72. The molecule has 2 aliphatic rings. The summed E-state index contributed by atoms with van der Waals surface area (Å²) in [4.78, 5) is 16.5. The van der Waals surface area contributed by atoms with Gasteiger partial charge in [-0.2, -0.15) is 0 Å². The molecule has 1 aromatic rings. The van der Waals surface area contributed by atoms with E-state index in [1.165, 1.54) is 6.42 Å². The first kappa shape index (κ1) is 18.4. The number of aromatic nitrogens is 1. The van der Waals surface area contributed by atoms with Crippen LogP contribution in [0.2, 0.25) is 0 Å². The van der Waals surface area contributed by atoms with E-state index < -0.39 is 0 Å². The van der Waals surface area contributed by atoms with Gasteiger partial charge in [0.05, 0.1) is 25.5 Å². The van der Waals surface area contributed by atoms with Crippen molar-refractivity contribution in [1.29, 1.82) is 0 Å². The van der Waals surface area contributed by atoms with Crippen LogP contribution in [0.4, 0.5) is 5.13 Å². The predicted molar refractivity (Wildman–Crippen MR) is 104 cm³/mol. The van der Waals surface area contributed by atoms with E-state index >= 15 is 0 Å². The highest BCUT2D eigenvalue weighted by molar-refractivity contribution is 7.13. The zero-order valence-corrected chi connectivity index (χ0v) is 16.4. The molecule has 2 fully saturated rings. The predicted octanol–water partition coefficient (Wildman–Crippen LogP) is 1.08. The number of hydrogen-bond donors (Lipinski definition) is 1. The number of likely N-dealkylation sites (tertiary alicyclic amines) is 1. The van der Waals surface area contributed by atoms with Crippen molar-refractivity contribution in [3.8, 4) is 0 Å². The average Bonchev–Trinajstić information content (AvgIpc) is 3.29. The van der Waals surface area contributed by atoms with E-state index in [1.807, 2.05) is 19.0 Å². The molecule has 1 N–H and O–H groups in total. The minimum Gasteiger partial charge on any atom is -0.379 e. The summed E-state index contributed by atoms with van der Waals surface area (Å²) in [5.41, 5.74) is 1.04. The smallest absolute Gasteiger partial charge is 0.194 e. The summed E-state index contributed by atoms with van der Waals surface area (Å²) >= 11 is 1.67. The van der Waals surface area contributed by atoms with Crippen molar-refractivity contribution in [2.75, 3.05) is 64.9 Å². The van der Waals surface area contributed by atoms with Gasteiger partial charge in [0, 0.05) is 58.2 Å². The Bertz CT molecular complexity index is 569. The molecule has 3 heterocycles. The van der Waals surface area contributed by atoms with E-state index in [0.29, 0.717) is 12.6 Å². The van der Waals surface area contributed by atoms with Gasteiger partial charge in [0.1, 0.15) is 0 Å². The molecule has 140 valence electrons. The number of nitrogens with one attached hydrogen (secondary N) is 1. The lowest BCUT2D eigenvalue weighted by Crippen LogP contribution is -2.46. The Balaban J connectivity index is 1.60. The number of anilines is 1. The van der Waals surface area contributed by atoms with Crippen molar-refractivity contribution in [2.24, 2.45) is 4.99 Å².